The predicted molar refractivity (Wildman–Crippen MR) is 113 cm³/mol. The fourth-order valence-electron chi connectivity index (χ4n) is 4.05. The van der Waals surface area contributed by atoms with Gasteiger partial charge >= 0.3 is 0 Å². The predicted octanol–water partition coefficient (Wildman–Crippen LogP) is 1.46. The van der Waals surface area contributed by atoms with Crippen molar-refractivity contribution in [3.63, 3.8) is 0 Å². The van der Waals surface area contributed by atoms with Crippen molar-refractivity contribution in [2.75, 3.05) is 52.4 Å². The lowest BCUT2D eigenvalue weighted by molar-refractivity contribution is -0.123. The zero-order valence-electron chi connectivity index (χ0n) is 17.0. The van der Waals surface area contributed by atoms with Crippen molar-refractivity contribution < 1.29 is 9.53 Å². The van der Waals surface area contributed by atoms with Gasteiger partial charge in [0.1, 0.15) is 5.82 Å². The first-order valence-electron chi connectivity index (χ1n) is 10.7. The van der Waals surface area contributed by atoms with Crippen molar-refractivity contribution in [1.82, 2.24) is 24.7 Å². The summed E-state index contributed by atoms with van der Waals surface area (Å²) in [6, 6.07) is 10.3. The van der Waals surface area contributed by atoms with E-state index in [9.17, 15) is 4.79 Å². The zero-order valence-corrected chi connectivity index (χ0v) is 17.0. The summed E-state index contributed by atoms with van der Waals surface area (Å²) in [5, 5.41) is 3.02. The maximum absolute atomic E-state index is 12.2. The number of hydrogen-bond donors (Lipinski definition) is 1. The topological polar surface area (TPSA) is 62.6 Å². The van der Waals surface area contributed by atoms with Crippen molar-refractivity contribution >= 4 is 5.91 Å². The van der Waals surface area contributed by atoms with Crippen LogP contribution in [0.4, 0.5) is 0 Å². The number of piperazine rings is 1. The molecule has 2 aromatic rings. The lowest BCUT2D eigenvalue weighted by Crippen LogP contribution is -2.50. The third-order valence-corrected chi connectivity index (χ3v) is 5.79. The Hall–Kier alpha value is -2.22. The maximum atomic E-state index is 12.2. The summed E-state index contributed by atoms with van der Waals surface area (Å²) < 4.78 is 7.78. The molecule has 1 unspecified atom stereocenters. The van der Waals surface area contributed by atoms with Crippen LogP contribution in [-0.2, 0) is 16.1 Å². The number of rotatable bonds is 8. The molecule has 7 nitrogen and oxygen atoms in total. The van der Waals surface area contributed by atoms with E-state index in [-0.39, 0.29) is 12.0 Å². The first-order valence-corrected chi connectivity index (χ1v) is 10.7. The van der Waals surface area contributed by atoms with Gasteiger partial charge in [-0.1, -0.05) is 30.3 Å². The molecule has 2 saturated heterocycles. The Morgan fingerprint density at radius 2 is 1.90 bits per heavy atom. The Kier molecular flexibility index (Phi) is 6.92. The van der Waals surface area contributed by atoms with E-state index in [1.807, 2.05) is 24.4 Å². The van der Waals surface area contributed by atoms with Crippen LogP contribution in [0.5, 0.6) is 0 Å². The fraction of sp³-hybridized carbons (Fsp3) is 0.545. The Morgan fingerprint density at radius 1 is 1.10 bits per heavy atom. The van der Waals surface area contributed by atoms with E-state index >= 15 is 0 Å². The number of nitrogens with one attached hydrogen (secondary N) is 1. The van der Waals surface area contributed by atoms with Gasteiger partial charge in [-0.05, 0) is 12.8 Å². The summed E-state index contributed by atoms with van der Waals surface area (Å²) in [4.78, 5) is 21.4. The van der Waals surface area contributed by atoms with Gasteiger partial charge < -0.3 is 14.6 Å². The van der Waals surface area contributed by atoms with Crippen LogP contribution in [0.1, 0.15) is 12.8 Å². The number of amides is 1. The van der Waals surface area contributed by atoms with Crippen LogP contribution in [0.3, 0.4) is 0 Å². The molecule has 3 heterocycles. The molecule has 7 heteroatoms. The van der Waals surface area contributed by atoms with E-state index in [4.69, 9.17) is 4.74 Å². The van der Waals surface area contributed by atoms with Gasteiger partial charge in [-0.2, -0.15) is 0 Å². The lowest BCUT2D eigenvalue weighted by Gasteiger charge is -2.34. The minimum absolute atomic E-state index is 0.111. The monoisotopic (exact) mass is 397 g/mol. The second kappa shape index (κ2) is 10.0. The quantitative estimate of drug-likeness (QED) is 0.731. The smallest absolute Gasteiger partial charge is 0.234 e. The fourth-order valence-corrected chi connectivity index (χ4v) is 4.05. The highest BCUT2D eigenvalue weighted by Crippen LogP contribution is 2.17. The number of nitrogens with zero attached hydrogens (tertiary/aromatic N) is 4. The molecule has 1 aromatic heterocycles. The molecule has 1 atom stereocenters. The molecule has 2 fully saturated rings. The second-order valence-electron chi connectivity index (χ2n) is 7.87. The maximum Gasteiger partial charge on any atom is 0.234 e. The van der Waals surface area contributed by atoms with E-state index in [1.165, 1.54) is 0 Å². The second-order valence-corrected chi connectivity index (χ2v) is 7.87. The van der Waals surface area contributed by atoms with E-state index in [0.29, 0.717) is 13.1 Å². The minimum Gasteiger partial charge on any atom is -0.376 e. The van der Waals surface area contributed by atoms with Crippen LogP contribution < -0.4 is 5.32 Å². The standard InChI is InChI=1S/C22H31N5O2/c28-21(24-17-20-7-4-16-29-20)18-26-12-10-25(11-13-26)14-15-27-9-8-23-22(27)19-5-2-1-3-6-19/h1-3,5-6,8-9,20H,4,7,10-18H2,(H,24,28). The Morgan fingerprint density at radius 3 is 2.66 bits per heavy atom. The molecular weight excluding hydrogens is 366 g/mol. The number of imidazole rings is 1. The third-order valence-electron chi connectivity index (χ3n) is 5.79. The summed E-state index contributed by atoms with van der Waals surface area (Å²) in [5.41, 5.74) is 1.15. The number of benzene rings is 1. The molecule has 0 saturated carbocycles. The van der Waals surface area contributed by atoms with Crippen molar-refractivity contribution in [3.8, 4) is 11.4 Å². The Bertz CT molecular complexity index is 765. The van der Waals surface area contributed by atoms with Gasteiger partial charge in [0, 0.05) is 70.4 Å². The van der Waals surface area contributed by atoms with Crippen molar-refractivity contribution in [3.05, 3.63) is 42.7 Å². The largest absolute Gasteiger partial charge is 0.376 e. The van der Waals surface area contributed by atoms with E-state index in [0.717, 1.165) is 70.1 Å². The van der Waals surface area contributed by atoms with Crippen LogP contribution in [-0.4, -0.2) is 83.8 Å². The van der Waals surface area contributed by atoms with E-state index in [1.54, 1.807) is 0 Å². The molecule has 0 spiro atoms. The molecule has 2 aliphatic heterocycles. The van der Waals surface area contributed by atoms with Gasteiger partial charge in [0.25, 0.3) is 0 Å². The van der Waals surface area contributed by atoms with Crippen LogP contribution >= 0.6 is 0 Å². The first-order chi connectivity index (χ1) is 14.3. The molecule has 0 aliphatic carbocycles. The molecular formula is C22H31N5O2. The molecule has 2 aliphatic rings. The minimum atomic E-state index is 0.111. The Balaban J connectivity index is 1.17. The highest BCUT2D eigenvalue weighted by atomic mass is 16.5. The van der Waals surface area contributed by atoms with Crippen LogP contribution in [0, 0.1) is 0 Å². The number of ether oxygens (including phenoxy) is 1. The van der Waals surface area contributed by atoms with Crippen LogP contribution in [0.15, 0.2) is 42.7 Å². The normalized spacial score (nSPS) is 20.8. The first kappa shape index (κ1) is 20.1. The molecule has 1 aromatic carbocycles. The van der Waals surface area contributed by atoms with Gasteiger partial charge in [0.2, 0.25) is 5.91 Å². The van der Waals surface area contributed by atoms with Gasteiger partial charge in [0.05, 0.1) is 12.6 Å². The number of aromatic nitrogens is 2. The third kappa shape index (κ3) is 5.65. The zero-order chi connectivity index (χ0) is 19.9. The van der Waals surface area contributed by atoms with Crippen LogP contribution in [0.2, 0.25) is 0 Å². The summed E-state index contributed by atoms with van der Waals surface area (Å²) in [6.45, 7) is 7.73. The number of hydrogen-bond acceptors (Lipinski definition) is 5. The van der Waals surface area contributed by atoms with Crippen molar-refractivity contribution in [2.45, 2.75) is 25.5 Å². The molecule has 156 valence electrons. The summed E-state index contributed by atoms with van der Waals surface area (Å²) >= 11 is 0. The van der Waals surface area contributed by atoms with Gasteiger partial charge in [-0.3, -0.25) is 14.6 Å². The van der Waals surface area contributed by atoms with Gasteiger partial charge in [-0.25, -0.2) is 4.98 Å². The summed E-state index contributed by atoms with van der Waals surface area (Å²) in [6.07, 6.45) is 6.29. The average molecular weight is 398 g/mol. The molecule has 0 bridgehead atoms. The van der Waals surface area contributed by atoms with Crippen LogP contribution in [0.25, 0.3) is 11.4 Å². The molecule has 1 amide bonds. The Labute approximate surface area is 172 Å². The van der Waals surface area contributed by atoms with Crippen molar-refractivity contribution in [2.24, 2.45) is 0 Å². The molecule has 0 radical (unpaired) electrons. The summed E-state index contributed by atoms with van der Waals surface area (Å²) in [5.74, 6) is 1.13. The average Bonchev–Trinajstić information content (AvgIpc) is 3.44. The number of carbonyl (C=O) groups is 1. The van der Waals surface area contributed by atoms with E-state index < -0.39 is 0 Å². The van der Waals surface area contributed by atoms with Gasteiger partial charge in [-0.15, -0.1) is 0 Å². The highest BCUT2D eigenvalue weighted by molar-refractivity contribution is 5.78. The molecule has 29 heavy (non-hydrogen) atoms. The van der Waals surface area contributed by atoms with Gasteiger partial charge in [0.15, 0.2) is 0 Å². The van der Waals surface area contributed by atoms with Crippen molar-refractivity contribution in [1.29, 1.82) is 0 Å². The SMILES string of the molecule is O=C(CN1CCN(CCn2ccnc2-c2ccccc2)CC1)NCC1CCCO1. The molecule has 4 rings (SSSR count). The van der Waals surface area contributed by atoms with E-state index in [2.05, 4.69) is 43.0 Å². The molecule has 1 N–H and O–H groups in total. The number of carbonyl (C=O) groups excluding carboxylic acids is 1. The summed E-state index contributed by atoms with van der Waals surface area (Å²) in [7, 11) is 0. The lowest BCUT2D eigenvalue weighted by atomic mass is 10.2. The highest BCUT2D eigenvalue weighted by Gasteiger charge is 2.20.